The van der Waals surface area contributed by atoms with Crippen LogP contribution in [-0.4, -0.2) is 34.2 Å². The maximum Gasteiger partial charge on any atom is 0.238 e. The van der Waals surface area contributed by atoms with E-state index in [2.05, 4.69) is 22.4 Å². The van der Waals surface area contributed by atoms with E-state index in [0.717, 1.165) is 18.1 Å². The van der Waals surface area contributed by atoms with Crippen LogP contribution in [-0.2, 0) is 0 Å². The lowest BCUT2D eigenvalue weighted by atomic mass is 10.0. The average Bonchev–Trinajstić information content (AvgIpc) is 3.10. The molecule has 1 aliphatic rings. The quantitative estimate of drug-likeness (QED) is 0.913. The lowest BCUT2D eigenvalue weighted by molar-refractivity contribution is 0.340. The standard InChI is InChI=1S/C12H15N3O2S/c1-2-13-9-7-18-6-8(9)12-14-11(15-17-12)10-4-3-5-16-10/h3-5,8-9,13H,2,6-7H2,1H3. The topological polar surface area (TPSA) is 64.1 Å². The third-order valence-corrected chi connectivity index (χ3v) is 4.24. The van der Waals surface area contributed by atoms with Crippen LogP contribution in [0.1, 0.15) is 18.7 Å². The maximum atomic E-state index is 5.37. The van der Waals surface area contributed by atoms with Crippen LogP contribution in [0.5, 0.6) is 0 Å². The molecule has 3 rings (SSSR count). The molecule has 0 amide bonds. The number of likely N-dealkylation sites (N-methyl/N-ethyl adjacent to an activating group) is 1. The fourth-order valence-corrected chi connectivity index (χ4v) is 3.52. The number of hydrogen-bond acceptors (Lipinski definition) is 6. The minimum Gasteiger partial charge on any atom is -0.461 e. The molecular formula is C12H15N3O2S. The van der Waals surface area contributed by atoms with Crippen molar-refractivity contribution in [1.29, 1.82) is 0 Å². The first kappa shape index (κ1) is 11.8. The van der Waals surface area contributed by atoms with Gasteiger partial charge in [0, 0.05) is 17.5 Å². The van der Waals surface area contributed by atoms with Gasteiger partial charge in [-0.25, -0.2) is 0 Å². The second-order valence-corrected chi connectivity index (χ2v) is 5.32. The second-order valence-electron chi connectivity index (χ2n) is 4.24. The van der Waals surface area contributed by atoms with Gasteiger partial charge in [-0.3, -0.25) is 0 Å². The minimum atomic E-state index is 0.297. The largest absolute Gasteiger partial charge is 0.461 e. The van der Waals surface area contributed by atoms with Gasteiger partial charge in [-0.15, -0.1) is 0 Å². The Morgan fingerprint density at radius 3 is 3.22 bits per heavy atom. The summed E-state index contributed by atoms with van der Waals surface area (Å²) in [6.45, 7) is 3.07. The molecule has 0 spiro atoms. The summed E-state index contributed by atoms with van der Waals surface area (Å²) in [6.07, 6.45) is 1.61. The summed E-state index contributed by atoms with van der Waals surface area (Å²) in [6, 6.07) is 4.07. The van der Waals surface area contributed by atoms with Crippen LogP contribution in [0.2, 0.25) is 0 Å². The van der Waals surface area contributed by atoms with E-state index in [-0.39, 0.29) is 0 Å². The summed E-state index contributed by atoms with van der Waals surface area (Å²) in [5.41, 5.74) is 0. The van der Waals surface area contributed by atoms with Gasteiger partial charge in [0.15, 0.2) is 5.76 Å². The molecule has 96 valence electrons. The van der Waals surface area contributed by atoms with Crippen molar-refractivity contribution in [1.82, 2.24) is 15.5 Å². The molecule has 1 N–H and O–H groups in total. The Kier molecular flexibility index (Phi) is 3.38. The van der Waals surface area contributed by atoms with E-state index in [4.69, 9.17) is 8.94 Å². The van der Waals surface area contributed by atoms with E-state index in [1.54, 1.807) is 6.26 Å². The molecular weight excluding hydrogens is 250 g/mol. The zero-order valence-electron chi connectivity index (χ0n) is 10.1. The highest BCUT2D eigenvalue weighted by Gasteiger charge is 2.33. The molecule has 1 saturated heterocycles. The van der Waals surface area contributed by atoms with E-state index in [0.29, 0.717) is 29.4 Å². The summed E-state index contributed by atoms with van der Waals surface area (Å²) in [7, 11) is 0. The van der Waals surface area contributed by atoms with Gasteiger partial charge < -0.3 is 14.3 Å². The number of furan rings is 1. The molecule has 18 heavy (non-hydrogen) atoms. The van der Waals surface area contributed by atoms with Crippen LogP contribution in [0.25, 0.3) is 11.6 Å². The van der Waals surface area contributed by atoms with E-state index < -0.39 is 0 Å². The number of rotatable bonds is 4. The van der Waals surface area contributed by atoms with Gasteiger partial charge in [-0.05, 0) is 18.7 Å². The minimum absolute atomic E-state index is 0.297. The van der Waals surface area contributed by atoms with Crippen molar-refractivity contribution in [3.05, 3.63) is 24.3 Å². The Hall–Kier alpha value is -1.27. The number of nitrogens with zero attached hydrogens (tertiary/aromatic N) is 2. The molecule has 3 heterocycles. The molecule has 0 bridgehead atoms. The van der Waals surface area contributed by atoms with E-state index >= 15 is 0 Å². The van der Waals surface area contributed by atoms with Gasteiger partial charge in [0.25, 0.3) is 0 Å². The van der Waals surface area contributed by atoms with Crippen molar-refractivity contribution in [2.45, 2.75) is 18.9 Å². The first-order valence-corrected chi connectivity index (χ1v) is 7.22. The van der Waals surface area contributed by atoms with Crippen LogP contribution >= 0.6 is 11.8 Å². The van der Waals surface area contributed by atoms with Crippen molar-refractivity contribution in [2.24, 2.45) is 0 Å². The number of nitrogens with one attached hydrogen (secondary N) is 1. The number of thioether (sulfide) groups is 1. The number of aromatic nitrogens is 2. The Morgan fingerprint density at radius 1 is 1.50 bits per heavy atom. The molecule has 5 nitrogen and oxygen atoms in total. The molecule has 0 radical (unpaired) electrons. The fraction of sp³-hybridized carbons (Fsp3) is 0.500. The molecule has 0 aromatic carbocycles. The van der Waals surface area contributed by atoms with Crippen molar-refractivity contribution in [2.75, 3.05) is 18.1 Å². The van der Waals surface area contributed by atoms with Crippen LogP contribution < -0.4 is 5.32 Å². The van der Waals surface area contributed by atoms with Crippen molar-refractivity contribution >= 4 is 11.8 Å². The van der Waals surface area contributed by atoms with E-state index in [1.807, 2.05) is 23.9 Å². The lowest BCUT2D eigenvalue weighted by Crippen LogP contribution is -2.34. The third-order valence-electron chi connectivity index (χ3n) is 3.05. The molecule has 0 saturated carbocycles. The molecule has 0 aliphatic carbocycles. The van der Waals surface area contributed by atoms with Gasteiger partial charge in [-0.2, -0.15) is 16.7 Å². The Bertz CT molecular complexity index is 497. The Morgan fingerprint density at radius 2 is 2.44 bits per heavy atom. The maximum absolute atomic E-state index is 5.37. The molecule has 2 aromatic rings. The predicted molar refractivity (Wildman–Crippen MR) is 69.5 cm³/mol. The summed E-state index contributed by atoms with van der Waals surface area (Å²) in [5.74, 6) is 4.30. The molecule has 2 unspecified atom stereocenters. The van der Waals surface area contributed by atoms with Gasteiger partial charge in [0.2, 0.25) is 11.7 Å². The van der Waals surface area contributed by atoms with E-state index in [1.165, 1.54) is 0 Å². The normalized spacial score (nSPS) is 23.6. The summed E-state index contributed by atoms with van der Waals surface area (Å²) in [5, 5.41) is 7.45. The SMILES string of the molecule is CCNC1CSCC1c1nc(-c2ccco2)no1. The van der Waals surface area contributed by atoms with Crippen molar-refractivity contribution in [3.8, 4) is 11.6 Å². The highest BCUT2D eigenvalue weighted by Crippen LogP contribution is 2.32. The van der Waals surface area contributed by atoms with Crippen LogP contribution in [0.4, 0.5) is 0 Å². The zero-order valence-corrected chi connectivity index (χ0v) is 10.9. The smallest absolute Gasteiger partial charge is 0.238 e. The molecule has 1 fully saturated rings. The first-order valence-electron chi connectivity index (χ1n) is 6.07. The third kappa shape index (κ3) is 2.18. The predicted octanol–water partition coefficient (Wildman–Crippen LogP) is 2.14. The molecule has 1 aliphatic heterocycles. The molecule has 6 heteroatoms. The monoisotopic (exact) mass is 265 g/mol. The van der Waals surface area contributed by atoms with Gasteiger partial charge in [0.05, 0.1) is 12.2 Å². The van der Waals surface area contributed by atoms with Gasteiger partial charge in [0.1, 0.15) is 0 Å². The Balaban J connectivity index is 1.80. The van der Waals surface area contributed by atoms with Crippen LogP contribution in [0.3, 0.4) is 0 Å². The van der Waals surface area contributed by atoms with Gasteiger partial charge in [-0.1, -0.05) is 12.1 Å². The number of hydrogen-bond donors (Lipinski definition) is 1. The summed E-state index contributed by atoms with van der Waals surface area (Å²) in [4.78, 5) is 4.44. The van der Waals surface area contributed by atoms with Crippen molar-refractivity contribution in [3.63, 3.8) is 0 Å². The molecule has 2 aromatic heterocycles. The molecule has 2 atom stereocenters. The Labute approximate surface area is 109 Å². The fourth-order valence-electron chi connectivity index (χ4n) is 2.15. The van der Waals surface area contributed by atoms with Crippen molar-refractivity contribution < 1.29 is 8.94 Å². The summed E-state index contributed by atoms with van der Waals surface area (Å²) < 4.78 is 10.6. The summed E-state index contributed by atoms with van der Waals surface area (Å²) >= 11 is 1.92. The first-order chi connectivity index (χ1) is 8.88. The second kappa shape index (κ2) is 5.16. The highest BCUT2D eigenvalue weighted by molar-refractivity contribution is 7.99. The van der Waals surface area contributed by atoms with Crippen LogP contribution in [0.15, 0.2) is 27.3 Å². The lowest BCUT2D eigenvalue weighted by Gasteiger charge is -2.15. The van der Waals surface area contributed by atoms with Gasteiger partial charge >= 0.3 is 0 Å². The zero-order chi connectivity index (χ0) is 12.4. The van der Waals surface area contributed by atoms with E-state index in [9.17, 15) is 0 Å². The average molecular weight is 265 g/mol. The van der Waals surface area contributed by atoms with Crippen LogP contribution in [0, 0.1) is 0 Å². The highest BCUT2D eigenvalue weighted by atomic mass is 32.2.